The van der Waals surface area contributed by atoms with E-state index in [0.717, 1.165) is 26.2 Å². The molecule has 0 amide bonds. The van der Waals surface area contributed by atoms with Crippen molar-refractivity contribution in [2.24, 2.45) is 0 Å². The van der Waals surface area contributed by atoms with Gasteiger partial charge in [-0.1, -0.05) is 27.7 Å². The lowest BCUT2D eigenvalue weighted by molar-refractivity contribution is 0.288. The molecule has 0 saturated heterocycles. The van der Waals surface area contributed by atoms with Crippen molar-refractivity contribution in [2.45, 2.75) is 40.2 Å². The molecule has 1 aromatic heterocycles. The number of likely N-dealkylation sites (N-methyl/N-ethyl adjacent to an activating group) is 1. The molecule has 1 aromatic rings. The van der Waals surface area contributed by atoms with Gasteiger partial charge < -0.3 is 9.47 Å². The Morgan fingerprint density at radius 3 is 2.53 bits per heavy atom. The number of hydrogen-bond donors (Lipinski definition) is 0. The summed E-state index contributed by atoms with van der Waals surface area (Å²) < 4.78 is 2.27. The van der Waals surface area contributed by atoms with Gasteiger partial charge in [0.15, 0.2) is 0 Å². The Kier molecular flexibility index (Phi) is 4.82. The maximum atomic E-state index is 4.39. The van der Waals surface area contributed by atoms with E-state index in [-0.39, 0.29) is 0 Å². The molecule has 0 aromatic carbocycles. The van der Waals surface area contributed by atoms with Crippen LogP contribution in [-0.4, -0.2) is 34.1 Å². The van der Waals surface area contributed by atoms with Crippen molar-refractivity contribution in [2.75, 3.05) is 19.6 Å². The first-order chi connectivity index (χ1) is 7.19. The monoisotopic (exact) mass is 209 g/mol. The summed E-state index contributed by atoms with van der Waals surface area (Å²) in [7, 11) is 0. The van der Waals surface area contributed by atoms with E-state index in [2.05, 4.69) is 48.3 Å². The van der Waals surface area contributed by atoms with Gasteiger partial charge in [-0.2, -0.15) is 0 Å². The molecule has 86 valence electrons. The summed E-state index contributed by atoms with van der Waals surface area (Å²) in [4.78, 5) is 6.82. The van der Waals surface area contributed by atoms with Crippen LogP contribution in [0.5, 0.6) is 0 Å². The molecular formula is C12H23N3. The van der Waals surface area contributed by atoms with Crippen molar-refractivity contribution in [1.29, 1.82) is 0 Å². The van der Waals surface area contributed by atoms with E-state index in [0.29, 0.717) is 5.92 Å². The summed E-state index contributed by atoms with van der Waals surface area (Å²) in [6, 6.07) is 0. The number of hydrogen-bond acceptors (Lipinski definition) is 2. The van der Waals surface area contributed by atoms with E-state index >= 15 is 0 Å². The van der Waals surface area contributed by atoms with E-state index in [1.165, 1.54) is 5.82 Å². The molecule has 0 spiro atoms. The average molecular weight is 209 g/mol. The Morgan fingerprint density at radius 2 is 2.00 bits per heavy atom. The van der Waals surface area contributed by atoms with Gasteiger partial charge in [-0.05, 0) is 13.1 Å². The molecule has 0 atom stereocenters. The van der Waals surface area contributed by atoms with Crippen LogP contribution in [0.3, 0.4) is 0 Å². The van der Waals surface area contributed by atoms with Gasteiger partial charge in [0, 0.05) is 31.4 Å². The van der Waals surface area contributed by atoms with Crippen LogP contribution in [0.2, 0.25) is 0 Å². The van der Waals surface area contributed by atoms with Crippen molar-refractivity contribution in [3.8, 4) is 0 Å². The molecule has 0 radical (unpaired) electrons. The fourth-order valence-electron chi connectivity index (χ4n) is 1.80. The highest BCUT2D eigenvalue weighted by atomic mass is 15.2. The summed E-state index contributed by atoms with van der Waals surface area (Å²) in [5.74, 6) is 1.71. The van der Waals surface area contributed by atoms with Gasteiger partial charge in [0.05, 0.1) is 0 Å². The molecule has 0 aliphatic rings. The normalized spacial score (nSPS) is 11.6. The highest BCUT2D eigenvalue weighted by molar-refractivity contribution is 4.97. The molecule has 0 fully saturated rings. The number of rotatable bonds is 6. The Labute approximate surface area is 93.1 Å². The molecule has 0 bridgehead atoms. The van der Waals surface area contributed by atoms with E-state index in [9.17, 15) is 0 Å². The van der Waals surface area contributed by atoms with Crippen LogP contribution in [0.1, 0.15) is 39.4 Å². The maximum Gasteiger partial charge on any atom is 0.111 e. The lowest BCUT2D eigenvalue weighted by Crippen LogP contribution is -2.27. The van der Waals surface area contributed by atoms with Gasteiger partial charge in [-0.15, -0.1) is 0 Å². The quantitative estimate of drug-likeness (QED) is 0.717. The van der Waals surface area contributed by atoms with Crippen LogP contribution >= 0.6 is 0 Å². The summed E-state index contributed by atoms with van der Waals surface area (Å²) >= 11 is 0. The van der Waals surface area contributed by atoms with Crippen LogP contribution < -0.4 is 0 Å². The van der Waals surface area contributed by atoms with Gasteiger partial charge >= 0.3 is 0 Å². The molecular weight excluding hydrogens is 186 g/mol. The van der Waals surface area contributed by atoms with Crippen LogP contribution in [-0.2, 0) is 6.54 Å². The minimum atomic E-state index is 0.511. The van der Waals surface area contributed by atoms with Gasteiger partial charge in [0.1, 0.15) is 5.82 Å². The van der Waals surface area contributed by atoms with E-state index in [1.54, 1.807) is 0 Å². The molecule has 0 aliphatic heterocycles. The Hall–Kier alpha value is -0.830. The third-order valence-corrected chi connectivity index (χ3v) is 2.82. The summed E-state index contributed by atoms with van der Waals surface area (Å²) in [6.45, 7) is 13.2. The van der Waals surface area contributed by atoms with Crippen molar-refractivity contribution < 1.29 is 0 Å². The molecule has 15 heavy (non-hydrogen) atoms. The second-order valence-electron chi connectivity index (χ2n) is 4.16. The Balaban J connectivity index is 2.53. The second kappa shape index (κ2) is 5.91. The van der Waals surface area contributed by atoms with E-state index < -0.39 is 0 Å². The van der Waals surface area contributed by atoms with Gasteiger partial charge in [-0.3, -0.25) is 0 Å². The zero-order valence-electron chi connectivity index (χ0n) is 10.4. The minimum Gasteiger partial charge on any atom is -0.333 e. The lowest BCUT2D eigenvalue weighted by atomic mass is 10.2. The Morgan fingerprint density at radius 1 is 1.33 bits per heavy atom. The van der Waals surface area contributed by atoms with E-state index in [4.69, 9.17) is 0 Å². The van der Waals surface area contributed by atoms with Crippen LogP contribution in [0.4, 0.5) is 0 Å². The van der Waals surface area contributed by atoms with Gasteiger partial charge in [0.2, 0.25) is 0 Å². The maximum absolute atomic E-state index is 4.39. The topological polar surface area (TPSA) is 21.1 Å². The van der Waals surface area contributed by atoms with Crippen molar-refractivity contribution in [3.05, 3.63) is 18.2 Å². The smallest absolute Gasteiger partial charge is 0.111 e. The van der Waals surface area contributed by atoms with E-state index in [1.807, 2.05) is 6.20 Å². The molecule has 0 aliphatic carbocycles. The fourth-order valence-corrected chi connectivity index (χ4v) is 1.80. The second-order valence-corrected chi connectivity index (χ2v) is 4.16. The number of nitrogens with zero attached hydrogens (tertiary/aromatic N) is 3. The number of imidazole rings is 1. The zero-order valence-corrected chi connectivity index (χ0v) is 10.4. The molecule has 3 nitrogen and oxygen atoms in total. The van der Waals surface area contributed by atoms with Crippen LogP contribution in [0.25, 0.3) is 0 Å². The summed E-state index contributed by atoms with van der Waals surface area (Å²) in [5.41, 5.74) is 0. The molecule has 1 rings (SSSR count). The Bertz CT molecular complexity index is 274. The first-order valence-corrected chi connectivity index (χ1v) is 5.92. The first-order valence-electron chi connectivity index (χ1n) is 5.92. The SMILES string of the molecule is CCN(CC)CCn1ccnc1C(C)C. The highest BCUT2D eigenvalue weighted by Gasteiger charge is 2.07. The van der Waals surface area contributed by atoms with Crippen molar-refractivity contribution >= 4 is 0 Å². The largest absolute Gasteiger partial charge is 0.333 e. The molecule has 0 N–H and O–H groups in total. The molecule has 1 heterocycles. The molecule has 0 saturated carbocycles. The molecule has 0 unspecified atom stereocenters. The summed E-state index contributed by atoms with van der Waals surface area (Å²) in [5, 5.41) is 0. The van der Waals surface area contributed by atoms with Gasteiger partial charge in [0.25, 0.3) is 0 Å². The first kappa shape index (κ1) is 12.2. The number of aromatic nitrogens is 2. The third kappa shape index (κ3) is 3.34. The third-order valence-electron chi connectivity index (χ3n) is 2.82. The van der Waals surface area contributed by atoms with Crippen LogP contribution in [0.15, 0.2) is 12.4 Å². The van der Waals surface area contributed by atoms with Crippen molar-refractivity contribution in [1.82, 2.24) is 14.5 Å². The highest BCUT2D eigenvalue weighted by Crippen LogP contribution is 2.11. The van der Waals surface area contributed by atoms with Gasteiger partial charge in [-0.25, -0.2) is 4.98 Å². The predicted molar refractivity (Wildman–Crippen MR) is 64.1 cm³/mol. The fraction of sp³-hybridized carbons (Fsp3) is 0.750. The molecule has 3 heteroatoms. The summed E-state index contributed by atoms with van der Waals surface area (Å²) in [6.07, 6.45) is 3.98. The standard InChI is InChI=1S/C12H23N3/c1-5-14(6-2)9-10-15-8-7-13-12(15)11(3)4/h7-8,11H,5-6,9-10H2,1-4H3. The van der Waals surface area contributed by atoms with Crippen LogP contribution in [0, 0.1) is 0 Å². The van der Waals surface area contributed by atoms with Crippen molar-refractivity contribution in [3.63, 3.8) is 0 Å². The minimum absolute atomic E-state index is 0.511. The predicted octanol–water partition coefficient (Wildman–Crippen LogP) is 2.35. The zero-order chi connectivity index (χ0) is 11.3. The average Bonchev–Trinajstić information content (AvgIpc) is 2.67. The lowest BCUT2D eigenvalue weighted by Gasteiger charge is -2.19.